The fraction of sp³-hybridized carbons (Fsp3) is 0.769. The van der Waals surface area contributed by atoms with Crippen molar-refractivity contribution < 1.29 is 33.5 Å². The lowest BCUT2D eigenvalue weighted by molar-refractivity contribution is -0.142. The number of Topliss-reactive ketones (excluding diaryl/α,β-unsaturated/α-hetero) is 1. The van der Waals surface area contributed by atoms with Crippen molar-refractivity contribution >= 4 is 47.1 Å². The molecule has 0 bridgehead atoms. The van der Waals surface area contributed by atoms with Gasteiger partial charge in [0.15, 0.2) is 5.78 Å². The molecule has 0 aliphatic carbocycles. The zero-order chi connectivity index (χ0) is 30.1. The van der Waals surface area contributed by atoms with E-state index in [1.807, 2.05) is 13.8 Å². The third-order valence-corrected chi connectivity index (χ3v) is 6.25. The fourth-order valence-electron chi connectivity index (χ4n) is 4.01. The van der Waals surface area contributed by atoms with Gasteiger partial charge in [-0.15, -0.1) is 11.6 Å². The van der Waals surface area contributed by atoms with E-state index < -0.39 is 65.5 Å². The smallest absolute Gasteiger partial charge is 0.408 e. The molecule has 0 aromatic carbocycles. The standard InChI is InChI=1S/C26H44ClN5O7/c1-14(2)12-18(20(33)13-27)31-23(36)19-10-9-11-32(19)24(37)17(5)29-21(34)15(3)28-22(35)16(4)30-25(38)39-26(6,7)8/h14-19H,9-13H2,1-8H3,(H,28,35)(H,29,34)(H,30,38)(H,31,36). The van der Waals surface area contributed by atoms with Crippen LogP contribution in [-0.4, -0.2) is 88.6 Å². The lowest BCUT2D eigenvalue weighted by Gasteiger charge is -2.29. The van der Waals surface area contributed by atoms with Crippen LogP contribution in [0.3, 0.4) is 0 Å². The molecule has 1 aliphatic heterocycles. The Hall–Kier alpha value is -2.89. The first-order valence-electron chi connectivity index (χ1n) is 13.3. The summed E-state index contributed by atoms with van der Waals surface area (Å²) < 4.78 is 5.12. The second-order valence-electron chi connectivity index (χ2n) is 11.3. The van der Waals surface area contributed by atoms with Gasteiger partial charge in [0, 0.05) is 6.54 Å². The molecule has 1 fully saturated rings. The molecule has 5 amide bonds. The summed E-state index contributed by atoms with van der Waals surface area (Å²) in [4.78, 5) is 76.7. The normalized spacial score (nSPS) is 18.4. The number of ether oxygens (including phenoxy) is 1. The van der Waals surface area contributed by atoms with E-state index in [1.54, 1.807) is 20.8 Å². The lowest BCUT2D eigenvalue weighted by Crippen LogP contribution is -2.57. The van der Waals surface area contributed by atoms with Crippen LogP contribution in [0.15, 0.2) is 0 Å². The number of rotatable bonds is 12. The number of alkyl halides is 1. The van der Waals surface area contributed by atoms with Gasteiger partial charge in [0.25, 0.3) is 0 Å². The summed E-state index contributed by atoms with van der Waals surface area (Å²) in [5.74, 6) is -2.48. The van der Waals surface area contributed by atoms with Crippen LogP contribution in [-0.2, 0) is 28.7 Å². The number of ketones is 1. The Balaban J connectivity index is 2.71. The SMILES string of the molecule is CC(C)CC(NC(=O)C1CCCN1C(=O)C(C)NC(=O)C(C)NC(=O)C(C)NC(=O)OC(C)(C)C)C(=O)CCl. The average molecular weight is 574 g/mol. The second-order valence-corrected chi connectivity index (χ2v) is 11.6. The van der Waals surface area contributed by atoms with Crippen molar-refractivity contribution in [2.75, 3.05) is 12.4 Å². The third kappa shape index (κ3) is 11.4. The number of likely N-dealkylation sites (tertiary alicyclic amines) is 1. The highest BCUT2D eigenvalue weighted by Gasteiger charge is 2.38. The average Bonchev–Trinajstić information content (AvgIpc) is 3.30. The summed E-state index contributed by atoms with van der Waals surface area (Å²) >= 11 is 5.71. The van der Waals surface area contributed by atoms with Gasteiger partial charge in [-0.25, -0.2) is 4.79 Å². The van der Waals surface area contributed by atoms with E-state index in [1.165, 1.54) is 25.7 Å². The van der Waals surface area contributed by atoms with Gasteiger partial charge in [0.1, 0.15) is 29.8 Å². The quantitative estimate of drug-likeness (QED) is 0.255. The summed E-state index contributed by atoms with van der Waals surface area (Å²) in [7, 11) is 0. The Morgan fingerprint density at radius 2 is 1.41 bits per heavy atom. The van der Waals surface area contributed by atoms with Gasteiger partial charge in [0.05, 0.1) is 11.9 Å². The van der Waals surface area contributed by atoms with Crippen LogP contribution >= 0.6 is 11.6 Å². The van der Waals surface area contributed by atoms with Crippen molar-refractivity contribution in [2.24, 2.45) is 5.92 Å². The van der Waals surface area contributed by atoms with Gasteiger partial charge < -0.3 is 30.9 Å². The van der Waals surface area contributed by atoms with Crippen molar-refractivity contribution in [3.63, 3.8) is 0 Å². The highest BCUT2D eigenvalue weighted by atomic mass is 35.5. The molecule has 5 atom stereocenters. The van der Waals surface area contributed by atoms with Gasteiger partial charge in [0.2, 0.25) is 23.6 Å². The molecule has 0 aromatic heterocycles. The van der Waals surface area contributed by atoms with Gasteiger partial charge in [-0.1, -0.05) is 13.8 Å². The van der Waals surface area contributed by atoms with E-state index in [0.29, 0.717) is 25.8 Å². The van der Waals surface area contributed by atoms with Crippen molar-refractivity contribution in [1.29, 1.82) is 0 Å². The van der Waals surface area contributed by atoms with E-state index in [-0.39, 0.29) is 17.6 Å². The lowest BCUT2D eigenvalue weighted by atomic mass is 10.0. The molecule has 13 heteroatoms. The molecule has 1 aliphatic rings. The molecule has 39 heavy (non-hydrogen) atoms. The predicted octanol–water partition coefficient (Wildman–Crippen LogP) is 1.24. The number of hydrogen-bond acceptors (Lipinski definition) is 7. The van der Waals surface area contributed by atoms with E-state index in [4.69, 9.17) is 16.3 Å². The Morgan fingerprint density at radius 1 is 0.872 bits per heavy atom. The molecule has 0 aromatic rings. The van der Waals surface area contributed by atoms with Crippen molar-refractivity contribution in [3.8, 4) is 0 Å². The van der Waals surface area contributed by atoms with Crippen LogP contribution in [0.2, 0.25) is 0 Å². The maximum absolute atomic E-state index is 13.1. The molecule has 1 heterocycles. The van der Waals surface area contributed by atoms with E-state index in [2.05, 4.69) is 21.3 Å². The van der Waals surface area contributed by atoms with Gasteiger partial charge in [-0.2, -0.15) is 0 Å². The van der Waals surface area contributed by atoms with Crippen LogP contribution in [0.1, 0.15) is 74.7 Å². The van der Waals surface area contributed by atoms with E-state index >= 15 is 0 Å². The Kier molecular flexibility index (Phi) is 13.2. The molecule has 222 valence electrons. The van der Waals surface area contributed by atoms with Crippen molar-refractivity contribution in [3.05, 3.63) is 0 Å². The Labute approximate surface area is 235 Å². The predicted molar refractivity (Wildman–Crippen MR) is 146 cm³/mol. The maximum Gasteiger partial charge on any atom is 0.408 e. The van der Waals surface area contributed by atoms with Gasteiger partial charge >= 0.3 is 6.09 Å². The van der Waals surface area contributed by atoms with E-state index in [0.717, 1.165) is 0 Å². The highest BCUT2D eigenvalue weighted by Crippen LogP contribution is 2.19. The zero-order valence-electron chi connectivity index (χ0n) is 24.2. The molecule has 12 nitrogen and oxygen atoms in total. The molecule has 0 radical (unpaired) electrons. The number of alkyl carbamates (subject to hydrolysis) is 1. The molecular formula is C26H44ClN5O7. The second kappa shape index (κ2) is 15.0. The highest BCUT2D eigenvalue weighted by molar-refractivity contribution is 6.28. The van der Waals surface area contributed by atoms with Crippen LogP contribution in [0.25, 0.3) is 0 Å². The third-order valence-electron chi connectivity index (χ3n) is 5.99. The number of halogens is 1. The molecule has 1 rings (SSSR count). The number of amides is 5. The van der Waals surface area contributed by atoms with Crippen molar-refractivity contribution in [1.82, 2.24) is 26.2 Å². The van der Waals surface area contributed by atoms with Crippen LogP contribution in [0.4, 0.5) is 4.79 Å². The topological polar surface area (TPSA) is 163 Å². The van der Waals surface area contributed by atoms with Crippen LogP contribution in [0.5, 0.6) is 0 Å². The molecule has 5 unspecified atom stereocenters. The van der Waals surface area contributed by atoms with Crippen LogP contribution in [0, 0.1) is 5.92 Å². The minimum absolute atomic E-state index is 0.151. The number of nitrogens with zero attached hydrogens (tertiary/aromatic N) is 1. The zero-order valence-corrected chi connectivity index (χ0v) is 24.9. The monoisotopic (exact) mass is 573 g/mol. The molecule has 0 saturated carbocycles. The fourth-order valence-corrected chi connectivity index (χ4v) is 4.20. The summed E-state index contributed by atoms with van der Waals surface area (Å²) in [5.41, 5.74) is -0.734. The summed E-state index contributed by atoms with van der Waals surface area (Å²) in [6, 6.07) is -4.46. The van der Waals surface area contributed by atoms with Crippen LogP contribution < -0.4 is 21.3 Å². The Bertz CT molecular complexity index is 921. The number of nitrogens with one attached hydrogen (secondary N) is 4. The molecule has 0 spiro atoms. The molecular weight excluding hydrogens is 530 g/mol. The van der Waals surface area contributed by atoms with Gasteiger partial charge in [-0.3, -0.25) is 24.0 Å². The Morgan fingerprint density at radius 3 is 1.92 bits per heavy atom. The van der Waals surface area contributed by atoms with Gasteiger partial charge in [-0.05, 0) is 66.7 Å². The van der Waals surface area contributed by atoms with E-state index in [9.17, 15) is 28.8 Å². The first-order chi connectivity index (χ1) is 18.0. The summed E-state index contributed by atoms with van der Waals surface area (Å²) in [5, 5.41) is 10.2. The largest absolute Gasteiger partial charge is 0.444 e. The number of carbonyl (C=O) groups excluding carboxylic acids is 6. The summed E-state index contributed by atoms with van der Waals surface area (Å²) in [6.07, 6.45) is 0.683. The number of hydrogen-bond donors (Lipinski definition) is 4. The maximum atomic E-state index is 13.1. The summed E-state index contributed by atoms with van der Waals surface area (Å²) in [6.45, 7) is 13.6. The minimum atomic E-state index is -1.01. The van der Waals surface area contributed by atoms with Crippen molar-refractivity contribution in [2.45, 2.75) is 110 Å². The minimum Gasteiger partial charge on any atom is -0.444 e. The first kappa shape index (κ1) is 34.1. The number of carbonyl (C=O) groups is 6. The molecule has 1 saturated heterocycles. The molecule has 4 N–H and O–H groups in total. The first-order valence-corrected chi connectivity index (χ1v) is 13.8.